The highest BCUT2D eigenvalue weighted by molar-refractivity contribution is 6.14. The highest BCUT2D eigenvalue weighted by Crippen LogP contribution is 2.49. The molecule has 4 rings (SSSR count). The Balaban J connectivity index is 1.56. The Labute approximate surface area is 153 Å². The number of aromatic nitrogens is 1. The SMILES string of the molecule is CCC1CCCCN1C(=O)C1(C(=O)Nc2cccc3cccnc23)CC1. The van der Waals surface area contributed by atoms with Gasteiger partial charge in [-0.2, -0.15) is 0 Å². The van der Waals surface area contributed by atoms with Gasteiger partial charge >= 0.3 is 0 Å². The third-order valence-electron chi connectivity index (χ3n) is 5.83. The number of hydrogen-bond donors (Lipinski definition) is 1. The molecule has 2 aliphatic rings. The van der Waals surface area contributed by atoms with E-state index in [9.17, 15) is 9.59 Å². The van der Waals surface area contributed by atoms with Crippen LogP contribution in [0.4, 0.5) is 5.69 Å². The third kappa shape index (κ3) is 2.85. The zero-order valence-corrected chi connectivity index (χ0v) is 15.2. The average Bonchev–Trinajstić information content (AvgIpc) is 3.50. The van der Waals surface area contributed by atoms with Gasteiger partial charge in [0.25, 0.3) is 0 Å². The van der Waals surface area contributed by atoms with Crippen LogP contribution in [0, 0.1) is 5.41 Å². The molecular weight excluding hydrogens is 326 g/mol. The zero-order valence-electron chi connectivity index (χ0n) is 15.2. The molecule has 1 saturated carbocycles. The van der Waals surface area contributed by atoms with Gasteiger partial charge in [-0.25, -0.2) is 0 Å². The summed E-state index contributed by atoms with van der Waals surface area (Å²) in [7, 11) is 0. The van der Waals surface area contributed by atoms with E-state index in [4.69, 9.17) is 0 Å². The Morgan fingerprint density at radius 1 is 1.23 bits per heavy atom. The van der Waals surface area contributed by atoms with Gasteiger partial charge in [0, 0.05) is 24.2 Å². The Kier molecular flexibility index (Phi) is 4.39. The normalized spacial score (nSPS) is 21.4. The maximum atomic E-state index is 13.2. The molecule has 136 valence electrons. The molecule has 5 heteroatoms. The summed E-state index contributed by atoms with van der Waals surface area (Å²) in [4.78, 5) is 32.6. The summed E-state index contributed by atoms with van der Waals surface area (Å²) in [5, 5.41) is 3.97. The molecule has 26 heavy (non-hydrogen) atoms. The van der Waals surface area contributed by atoms with Gasteiger partial charge in [-0.15, -0.1) is 0 Å². The minimum Gasteiger partial charge on any atom is -0.339 e. The lowest BCUT2D eigenvalue weighted by Crippen LogP contribution is -2.49. The average molecular weight is 351 g/mol. The molecule has 5 nitrogen and oxygen atoms in total. The molecule has 2 amide bonds. The van der Waals surface area contributed by atoms with Crippen LogP contribution in [0.15, 0.2) is 36.5 Å². The van der Waals surface area contributed by atoms with E-state index < -0.39 is 5.41 Å². The molecule has 0 bridgehead atoms. The Morgan fingerprint density at radius 3 is 2.81 bits per heavy atom. The van der Waals surface area contributed by atoms with Gasteiger partial charge in [-0.3, -0.25) is 14.6 Å². The number of anilines is 1. The van der Waals surface area contributed by atoms with Crippen LogP contribution in [0.3, 0.4) is 0 Å². The van der Waals surface area contributed by atoms with Crippen molar-refractivity contribution in [3.63, 3.8) is 0 Å². The number of nitrogens with one attached hydrogen (secondary N) is 1. The smallest absolute Gasteiger partial charge is 0.240 e. The summed E-state index contributed by atoms with van der Waals surface area (Å²) in [5.41, 5.74) is 0.565. The lowest BCUT2D eigenvalue weighted by atomic mass is 9.95. The van der Waals surface area contributed by atoms with E-state index in [0.717, 1.165) is 36.7 Å². The first-order chi connectivity index (χ1) is 12.7. The van der Waals surface area contributed by atoms with Crippen LogP contribution < -0.4 is 5.32 Å². The predicted octanol–water partition coefficient (Wildman–Crippen LogP) is 3.74. The Bertz CT molecular complexity index is 839. The van der Waals surface area contributed by atoms with E-state index in [1.54, 1.807) is 6.20 Å². The summed E-state index contributed by atoms with van der Waals surface area (Å²) in [6.45, 7) is 2.90. The van der Waals surface area contributed by atoms with Crippen molar-refractivity contribution in [1.82, 2.24) is 9.88 Å². The van der Waals surface area contributed by atoms with E-state index in [1.165, 1.54) is 6.42 Å². The van der Waals surface area contributed by atoms with Crippen molar-refractivity contribution >= 4 is 28.4 Å². The highest BCUT2D eigenvalue weighted by Gasteiger charge is 2.58. The van der Waals surface area contributed by atoms with Crippen molar-refractivity contribution in [2.24, 2.45) is 5.41 Å². The highest BCUT2D eigenvalue weighted by atomic mass is 16.2. The maximum absolute atomic E-state index is 13.2. The molecule has 2 heterocycles. The second-order valence-corrected chi connectivity index (χ2v) is 7.47. The zero-order chi connectivity index (χ0) is 18.1. The quantitative estimate of drug-likeness (QED) is 0.854. The number of pyridine rings is 1. The van der Waals surface area contributed by atoms with E-state index >= 15 is 0 Å². The lowest BCUT2D eigenvalue weighted by molar-refractivity contribution is -0.145. The molecule has 1 atom stereocenters. The second kappa shape index (κ2) is 6.71. The lowest BCUT2D eigenvalue weighted by Gasteiger charge is -2.37. The number of nitrogens with zero attached hydrogens (tertiary/aromatic N) is 2. The summed E-state index contributed by atoms with van der Waals surface area (Å²) in [6.07, 6.45) is 7.21. The van der Waals surface area contributed by atoms with Crippen molar-refractivity contribution in [2.75, 3.05) is 11.9 Å². The van der Waals surface area contributed by atoms with Gasteiger partial charge in [-0.1, -0.05) is 25.1 Å². The number of hydrogen-bond acceptors (Lipinski definition) is 3. The van der Waals surface area contributed by atoms with Crippen molar-refractivity contribution in [2.45, 2.75) is 51.5 Å². The fraction of sp³-hybridized carbons (Fsp3) is 0.476. The molecule has 2 aromatic rings. The fourth-order valence-electron chi connectivity index (χ4n) is 4.08. The van der Waals surface area contributed by atoms with Crippen LogP contribution in [-0.4, -0.2) is 34.3 Å². The minimum atomic E-state index is -0.873. The van der Waals surface area contributed by atoms with Gasteiger partial charge in [0.1, 0.15) is 5.41 Å². The first kappa shape index (κ1) is 17.0. The number of amides is 2. The first-order valence-electron chi connectivity index (χ1n) is 9.62. The molecule has 0 radical (unpaired) electrons. The van der Waals surface area contributed by atoms with Crippen LogP contribution in [0.25, 0.3) is 10.9 Å². The maximum Gasteiger partial charge on any atom is 0.240 e. The summed E-state index contributed by atoms with van der Waals surface area (Å²) < 4.78 is 0. The molecule has 1 aliphatic carbocycles. The van der Waals surface area contributed by atoms with Crippen LogP contribution in [0.1, 0.15) is 45.4 Å². The summed E-state index contributed by atoms with van der Waals surface area (Å²) >= 11 is 0. The third-order valence-corrected chi connectivity index (χ3v) is 5.83. The number of para-hydroxylation sites is 1. The molecule has 1 unspecified atom stereocenters. The van der Waals surface area contributed by atoms with Gasteiger partial charge in [0.2, 0.25) is 11.8 Å². The number of benzene rings is 1. The van der Waals surface area contributed by atoms with Crippen molar-refractivity contribution < 1.29 is 9.59 Å². The minimum absolute atomic E-state index is 0.0229. The van der Waals surface area contributed by atoms with Crippen LogP contribution in [0.5, 0.6) is 0 Å². The topological polar surface area (TPSA) is 62.3 Å². The largest absolute Gasteiger partial charge is 0.339 e. The van der Waals surface area contributed by atoms with Gasteiger partial charge in [0.15, 0.2) is 0 Å². The Hall–Kier alpha value is -2.43. The summed E-state index contributed by atoms with van der Waals surface area (Å²) in [5.74, 6) is -0.157. The van der Waals surface area contributed by atoms with Gasteiger partial charge in [-0.05, 0) is 50.7 Å². The van der Waals surface area contributed by atoms with E-state index in [2.05, 4.69) is 17.2 Å². The fourth-order valence-corrected chi connectivity index (χ4v) is 4.08. The molecule has 1 aromatic carbocycles. The van der Waals surface area contributed by atoms with Gasteiger partial charge in [0.05, 0.1) is 11.2 Å². The summed E-state index contributed by atoms with van der Waals surface area (Å²) in [6, 6.07) is 9.84. The molecular formula is C21H25N3O2. The van der Waals surface area contributed by atoms with E-state index in [0.29, 0.717) is 18.5 Å². The number of carbonyl (C=O) groups excluding carboxylic acids is 2. The number of piperidine rings is 1. The predicted molar refractivity (Wildman–Crippen MR) is 102 cm³/mol. The van der Waals surface area contributed by atoms with Crippen molar-refractivity contribution in [3.8, 4) is 0 Å². The van der Waals surface area contributed by atoms with Crippen molar-refractivity contribution in [3.05, 3.63) is 36.5 Å². The van der Waals surface area contributed by atoms with Crippen LogP contribution in [-0.2, 0) is 9.59 Å². The van der Waals surface area contributed by atoms with Crippen LogP contribution >= 0.6 is 0 Å². The van der Waals surface area contributed by atoms with Crippen molar-refractivity contribution in [1.29, 1.82) is 0 Å². The van der Waals surface area contributed by atoms with Crippen LogP contribution in [0.2, 0.25) is 0 Å². The number of likely N-dealkylation sites (tertiary alicyclic amines) is 1. The van der Waals surface area contributed by atoms with Gasteiger partial charge < -0.3 is 10.2 Å². The molecule has 1 saturated heterocycles. The number of rotatable bonds is 4. The molecule has 2 fully saturated rings. The molecule has 1 N–H and O–H groups in total. The standard InChI is InChI=1S/C21H25N3O2/c1-2-16-9-3-4-14-24(16)20(26)21(11-12-21)19(25)23-17-10-5-7-15-8-6-13-22-18(15)17/h5-8,10,13,16H,2-4,9,11-12,14H2,1H3,(H,23,25). The van der Waals surface area contributed by atoms with E-state index in [-0.39, 0.29) is 17.9 Å². The molecule has 0 spiro atoms. The Morgan fingerprint density at radius 2 is 2.04 bits per heavy atom. The number of carbonyl (C=O) groups is 2. The first-order valence-corrected chi connectivity index (χ1v) is 9.62. The van der Waals surface area contributed by atoms with E-state index in [1.807, 2.05) is 35.2 Å². The molecule has 1 aliphatic heterocycles. The molecule has 1 aromatic heterocycles. The monoisotopic (exact) mass is 351 g/mol. The second-order valence-electron chi connectivity index (χ2n) is 7.47. The number of fused-ring (bicyclic) bond motifs is 1.